The fourth-order valence-corrected chi connectivity index (χ4v) is 2.37. The molecule has 2 amide bonds. The first-order valence-electron chi connectivity index (χ1n) is 6.69. The molecule has 0 aromatic heterocycles. The van der Waals surface area contributed by atoms with E-state index < -0.39 is 11.8 Å². The number of rotatable bonds is 4. The molecule has 0 atom stereocenters. The Morgan fingerprint density at radius 1 is 1.09 bits per heavy atom. The number of hydrazine groups is 1. The Morgan fingerprint density at radius 2 is 1.87 bits per heavy atom. The lowest BCUT2D eigenvalue weighted by atomic mass is 10.2. The van der Waals surface area contributed by atoms with E-state index in [0.717, 1.165) is 14.5 Å². The van der Waals surface area contributed by atoms with Gasteiger partial charge in [0.25, 0.3) is 11.8 Å². The summed E-state index contributed by atoms with van der Waals surface area (Å²) in [6.07, 6.45) is 0. The summed E-state index contributed by atoms with van der Waals surface area (Å²) in [5.41, 5.74) is 6.08. The van der Waals surface area contributed by atoms with Gasteiger partial charge >= 0.3 is 0 Å². The maximum Gasteiger partial charge on any atom is 0.276 e. The standard InChI is InChI=1S/C16H14Br2N2O3/c1-10-7-13(5-6-14(10)18)23-9-15(21)19-20-16(22)11-3-2-4-12(17)8-11/h2-8H,9H2,1H3,(H,19,21)(H,20,22). The summed E-state index contributed by atoms with van der Waals surface area (Å²) in [5.74, 6) is -0.271. The van der Waals surface area contributed by atoms with Gasteiger partial charge in [0.05, 0.1) is 0 Å². The molecule has 0 radical (unpaired) electrons. The van der Waals surface area contributed by atoms with Gasteiger partial charge in [-0.1, -0.05) is 37.9 Å². The predicted molar refractivity (Wildman–Crippen MR) is 94.1 cm³/mol. The van der Waals surface area contributed by atoms with Gasteiger partial charge in [0, 0.05) is 14.5 Å². The lowest BCUT2D eigenvalue weighted by Gasteiger charge is -2.10. The zero-order valence-electron chi connectivity index (χ0n) is 12.2. The maximum absolute atomic E-state index is 11.9. The van der Waals surface area contributed by atoms with Crippen molar-refractivity contribution in [2.24, 2.45) is 0 Å². The van der Waals surface area contributed by atoms with E-state index in [9.17, 15) is 9.59 Å². The minimum atomic E-state index is -0.450. The van der Waals surface area contributed by atoms with Crippen LogP contribution in [0.4, 0.5) is 0 Å². The van der Waals surface area contributed by atoms with E-state index in [4.69, 9.17) is 4.74 Å². The largest absolute Gasteiger partial charge is 0.484 e. The van der Waals surface area contributed by atoms with E-state index in [-0.39, 0.29) is 6.61 Å². The highest BCUT2D eigenvalue weighted by molar-refractivity contribution is 9.10. The van der Waals surface area contributed by atoms with Crippen LogP contribution in [0.25, 0.3) is 0 Å². The quantitative estimate of drug-likeness (QED) is 0.715. The van der Waals surface area contributed by atoms with Crippen LogP contribution >= 0.6 is 31.9 Å². The van der Waals surface area contributed by atoms with Crippen LogP contribution in [-0.2, 0) is 4.79 Å². The van der Waals surface area contributed by atoms with Crippen LogP contribution < -0.4 is 15.6 Å². The van der Waals surface area contributed by atoms with Crippen molar-refractivity contribution in [2.75, 3.05) is 6.61 Å². The second-order valence-electron chi connectivity index (χ2n) is 4.71. The van der Waals surface area contributed by atoms with Crippen molar-refractivity contribution >= 4 is 43.7 Å². The Hall–Kier alpha value is -1.86. The zero-order valence-corrected chi connectivity index (χ0v) is 15.4. The lowest BCUT2D eigenvalue weighted by Crippen LogP contribution is -2.43. The van der Waals surface area contributed by atoms with Gasteiger partial charge in [-0.15, -0.1) is 0 Å². The van der Waals surface area contributed by atoms with E-state index in [0.29, 0.717) is 11.3 Å². The van der Waals surface area contributed by atoms with Crippen LogP contribution in [0.5, 0.6) is 5.75 Å². The number of nitrogens with one attached hydrogen (secondary N) is 2. The van der Waals surface area contributed by atoms with Crippen molar-refractivity contribution in [3.8, 4) is 5.75 Å². The molecule has 0 unspecified atom stereocenters. The summed E-state index contributed by atoms with van der Waals surface area (Å²) in [6, 6.07) is 12.3. The molecule has 7 heteroatoms. The minimum absolute atomic E-state index is 0.195. The lowest BCUT2D eigenvalue weighted by molar-refractivity contribution is -0.123. The van der Waals surface area contributed by atoms with Crippen LogP contribution in [-0.4, -0.2) is 18.4 Å². The maximum atomic E-state index is 11.9. The zero-order chi connectivity index (χ0) is 16.8. The van der Waals surface area contributed by atoms with Crippen molar-refractivity contribution < 1.29 is 14.3 Å². The van der Waals surface area contributed by atoms with Crippen LogP contribution in [0.3, 0.4) is 0 Å². The Morgan fingerprint density at radius 3 is 2.57 bits per heavy atom. The first-order valence-corrected chi connectivity index (χ1v) is 8.28. The molecule has 0 fully saturated rings. The number of benzene rings is 2. The second-order valence-corrected chi connectivity index (χ2v) is 6.48. The third-order valence-corrected chi connectivity index (χ3v) is 4.28. The van der Waals surface area contributed by atoms with E-state index in [1.54, 1.807) is 24.3 Å². The SMILES string of the molecule is Cc1cc(OCC(=O)NNC(=O)c2cccc(Br)c2)ccc1Br. The molecule has 2 aromatic rings. The Kier molecular flexibility index (Phi) is 6.18. The van der Waals surface area contributed by atoms with Gasteiger partial charge in [-0.3, -0.25) is 20.4 Å². The second kappa shape index (κ2) is 8.12. The van der Waals surface area contributed by atoms with Crippen molar-refractivity contribution in [2.45, 2.75) is 6.92 Å². The van der Waals surface area contributed by atoms with Crippen LogP contribution in [0, 0.1) is 6.92 Å². The number of ether oxygens (including phenoxy) is 1. The molecule has 2 aromatic carbocycles. The molecule has 120 valence electrons. The molecule has 0 aliphatic carbocycles. The summed E-state index contributed by atoms with van der Waals surface area (Å²) in [4.78, 5) is 23.6. The molecule has 5 nitrogen and oxygen atoms in total. The topological polar surface area (TPSA) is 67.4 Å². The number of hydrogen-bond donors (Lipinski definition) is 2. The highest BCUT2D eigenvalue weighted by Crippen LogP contribution is 2.21. The highest BCUT2D eigenvalue weighted by Gasteiger charge is 2.08. The molecule has 0 saturated heterocycles. The monoisotopic (exact) mass is 440 g/mol. The summed E-state index contributed by atoms with van der Waals surface area (Å²) in [7, 11) is 0. The van der Waals surface area contributed by atoms with Gasteiger partial charge in [-0.05, 0) is 48.9 Å². The highest BCUT2D eigenvalue weighted by atomic mass is 79.9. The molecule has 23 heavy (non-hydrogen) atoms. The van der Waals surface area contributed by atoms with Crippen molar-refractivity contribution in [1.82, 2.24) is 10.9 Å². The van der Waals surface area contributed by atoms with Gasteiger partial charge in [0.2, 0.25) is 0 Å². The fraction of sp³-hybridized carbons (Fsp3) is 0.125. The van der Waals surface area contributed by atoms with Gasteiger partial charge in [0.15, 0.2) is 6.61 Å². The molecular weight excluding hydrogens is 428 g/mol. The number of carbonyl (C=O) groups is 2. The molecule has 0 heterocycles. The van der Waals surface area contributed by atoms with Crippen molar-refractivity contribution in [3.63, 3.8) is 0 Å². The third kappa shape index (κ3) is 5.37. The van der Waals surface area contributed by atoms with Gasteiger partial charge in [-0.2, -0.15) is 0 Å². The van der Waals surface area contributed by atoms with Crippen LogP contribution in [0.1, 0.15) is 15.9 Å². The number of hydrogen-bond acceptors (Lipinski definition) is 3. The summed E-state index contributed by atoms with van der Waals surface area (Å²) < 4.78 is 7.12. The molecule has 2 rings (SSSR count). The first-order chi connectivity index (χ1) is 11.0. The van der Waals surface area contributed by atoms with E-state index >= 15 is 0 Å². The Bertz CT molecular complexity index is 735. The first kappa shape index (κ1) is 17.5. The average molecular weight is 442 g/mol. The van der Waals surface area contributed by atoms with E-state index in [1.807, 2.05) is 25.1 Å². The smallest absolute Gasteiger partial charge is 0.276 e. The fourth-order valence-electron chi connectivity index (χ4n) is 1.72. The third-order valence-electron chi connectivity index (χ3n) is 2.90. The molecule has 0 aliphatic heterocycles. The van der Waals surface area contributed by atoms with E-state index in [1.165, 1.54) is 0 Å². The molecule has 2 N–H and O–H groups in total. The van der Waals surface area contributed by atoms with Gasteiger partial charge in [0.1, 0.15) is 5.75 Å². The van der Waals surface area contributed by atoms with Crippen molar-refractivity contribution in [3.05, 3.63) is 62.5 Å². The van der Waals surface area contributed by atoms with Crippen molar-refractivity contribution in [1.29, 1.82) is 0 Å². The normalized spacial score (nSPS) is 10.0. The van der Waals surface area contributed by atoms with Crippen LogP contribution in [0.2, 0.25) is 0 Å². The molecule has 0 saturated carbocycles. The number of carbonyl (C=O) groups excluding carboxylic acids is 2. The molecule has 0 aliphatic rings. The predicted octanol–water partition coefficient (Wildman–Crippen LogP) is 3.36. The summed E-state index contributed by atoms with van der Waals surface area (Å²) >= 11 is 6.67. The minimum Gasteiger partial charge on any atom is -0.484 e. The summed E-state index contributed by atoms with van der Waals surface area (Å²) in [5, 5.41) is 0. The summed E-state index contributed by atoms with van der Waals surface area (Å²) in [6.45, 7) is 1.73. The van der Waals surface area contributed by atoms with E-state index in [2.05, 4.69) is 42.7 Å². The molecule has 0 bridgehead atoms. The van der Waals surface area contributed by atoms with Crippen LogP contribution in [0.15, 0.2) is 51.4 Å². The molecule has 0 spiro atoms. The average Bonchev–Trinajstić information content (AvgIpc) is 2.53. The Labute approximate surface area is 150 Å². The number of amides is 2. The van der Waals surface area contributed by atoms with Gasteiger partial charge < -0.3 is 4.74 Å². The molecular formula is C16H14Br2N2O3. The number of halogens is 2. The number of aryl methyl sites for hydroxylation is 1. The Balaban J connectivity index is 1.81. The van der Waals surface area contributed by atoms with Gasteiger partial charge in [-0.25, -0.2) is 0 Å².